The van der Waals surface area contributed by atoms with Crippen LogP contribution < -0.4 is 5.32 Å². The van der Waals surface area contributed by atoms with E-state index >= 15 is 0 Å². The normalized spacial score (nSPS) is 24.3. The smallest absolute Gasteiger partial charge is 0.239 e. The highest BCUT2D eigenvalue weighted by Gasteiger charge is 2.32. The number of likely N-dealkylation sites (tertiary alicyclic amines) is 1. The largest absolute Gasteiger partial charge is 0.376 e. The van der Waals surface area contributed by atoms with E-state index in [0.29, 0.717) is 18.4 Å². The fraction of sp³-hybridized carbons (Fsp3) is 0.611. The number of rotatable bonds is 5. The first kappa shape index (κ1) is 18.2. The average molecular weight is 339 g/mol. The van der Waals surface area contributed by atoms with Crippen LogP contribution in [0.2, 0.25) is 0 Å². The Hall–Kier alpha value is -1.10. The van der Waals surface area contributed by atoms with E-state index in [2.05, 4.69) is 17.4 Å². The Balaban J connectivity index is 0.00000192. The van der Waals surface area contributed by atoms with Crippen molar-refractivity contribution in [3.8, 4) is 0 Å². The second-order valence-electron chi connectivity index (χ2n) is 6.45. The van der Waals surface area contributed by atoms with E-state index in [0.717, 1.165) is 45.5 Å². The van der Waals surface area contributed by atoms with E-state index in [-0.39, 0.29) is 18.4 Å². The van der Waals surface area contributed by atoms with Gasteiger partial charge in [-0.1, -0.05) is 30.3 Å². The molecule has 0 radical (unpaired) electrons. The van der Waals surface area contributed by atoms with E-state index in [1.807, 2.05) is 23.1 Å². The highest BCUT2D eigenvalue weighted by molar-refractivity contribution is 5.85. The molecule has 2 saturated heterocycles. The van der Waals surface area contributed by atoms with E-state index in [1.54, 1.807) is 0 Å². The molecule has 5 heteroatoms. The van der Waals surface area contributed by atoms with Gasteiger partial charge in [0.25, 0.3) is 0 Å². The molecule has 1 amide bonds. The Labute approximate surface area is 145 Å². The van der Waals surface area contributed by atoms with Crippen LogP contribution in [0.25, 0.3) is 0 Å². The molecule has 2 heterocycles. The van der Waals surface area contributed by atoms with Crippen LogP contribution in [0.15, 0.2) is 30.3 Å². The SMILES string of the molecule is Cl.O=C([C@@H]1C[C@H](COCc2ccccc2)CN1)N1CCCCC1. The molecule has 0 saturated carbocycles. The summed E-state index contributed by atoms with van der Waals surface area (Å²) in [5.74, 6) is 0.743. The molecular weight excluding hydrogens is 312 g/mol. The number of carbonyl (C=O) groups excluding carboxylic acids is 1. The van der Waals surface area contributed by atoms with Gasteiger partial charge in [0.15, 0.2) is 0 Å². The van der Waals surface area contributed by atoms with Crippen molar-refractivity contribution in [2.45, 2.75) is 38.3 Å². The molecule has 1 aromatic rings. The molecule has 2 aliphatic heterocycles. The van der Waals surface area contributed by atoms with Crippen molar-refractivity contribution < 1.29 is 9.53 Å². The monoisotopic (exact) mass is 338 g/mol. The van der Waals surface area contributed by atoms with Crippen molar-refractivity contribution in [3.05, 3.63) is 35.9 Å². The number of ether oxygens (including phenoxy) is 1. The maximum Gasteiger partial charge on any atom is 0.239 e. The molecule has 2 atom stereocenters. The van der Waals surface area contributed by atoms with E-state index in [1.165, 1.54) is 12.0 Å². The molecule has 0 bridgehead atoms. The Bertz CT molecular complexity index is 477. The molecule has 0 aliphatic carbocycles. The lowest BCUT2D eigenvalue weighted by Crippen LogP contribution is -2.45. The summed E-state index contributed by atoms with van der Waals surface area (Å²) in [5.41, 5.74) is 1.20. The number of nitrogens with zero attached hydrogens (tertiary/aromatic N) is 1. The van der Waals surface area contributed by atoms with Gasteiger partial charge < -0.3 is 15.0 Å². The lowest BCUT2D eigenvalue weighted by Gasteiger charge is -2.29. The zero-order valence-electron chi connectivity index (χ0n) is 13.6. The summed E-state index contributed by atoms with van der Waals surface area (Å²) >= 11 is 0. The number of carbonyl (C=O) groups is 1. The van der Waals surface area contributed by atoms with Gasteiger partial charge in [-0.15, -0.1) is 12.4 Å². The van der Waals surface area contributed by atoms with Crippen LogP contribution in [-0.2, 0) is 16.1 Å². The fourth-order valence-corrected chi connectivity index (χ4v) is 3.38. The molecular formula is C18H27ClN2O2. The quantitative estimate of drug-likeness (QED) is 0.897. The maximum atomic E-state index is 12.5. The molecule has 0 spiro atoms. The fourth-order valence-electron chi connectivity index (χ4n) is 3.38. The second kappa shape index (κ2) is 9.26. The number of nitrogens with one attached hydrogen (secondary N) is 1. The van der Waals surface area contributed by atoms with Crippen LogP contribution >= 0.6 is 12.4 Å². The van der Waals surface area contributed by atoms with Crippen LogP contribution in [0.5, 0.6) is 0 Å². The Morgan fingerprint density at radius 3 is 2.65 bits per heavy atom. The molecule has 2 fully saturated rings. The van der Waals surface area contributed by atoms with Crippen molar-refractivity contribution in [3.63, 3.8) is 0 Å². The summed E-state index contributed by atoms with van der Waals surface area (Å²) in [4.78, 5) is 14.5. The molecule has 23 heavy (non-hydrogen) atoms. The van der Waals surface area contributed by atoms with Gasteiger partial charge in [0.2, 0.25) is 5.91 Å². The summed E-state index contributed by atoms with van der Waals surface area (Å²) in [7, 11) is 0. The first-order valence-electron chi connectivity index (χ1n) is 8.47. The Kier molecular flexibility index (Phi) is 7.34. The van der Waals surface area contributed by atoms with Crippen molar-refractivity contribution in [2.24, 2.45) is 5.92 Å². The van der Waals surface area contributed by atoms with Gasteiger partial charge in [-0.25, -0.2) is 0 Å². The summed E-state index contributed by atoms with van der Waals surface area (Å²) in [6, 6.07) is 10.2. The number of hydrogen-bond acceptors (Lipinski definition) is 3. The minimum atomic E-state index is 0. The summed E-state index contributed by atoms with van der Waals surface area (Å²) < 4.78 is 5.81. The summed E-state index contributed by atoms with van der Waals surface area (Å²) in [6.45, 7) is 4.14. The highest BCUT2D eigenvalue weighted by Crippen LogP contribution is 2.19. The van der Waals surface area contributed by atoms with Crippen LogP contribution in [-0.4, -0.2) is 43.1 Å². The maximum absolute atomic E-state index is 12.5. The summed E-state index contributed by atoms with van der Waals surface area (Å²) in [6.07, 6.45) is 4.48. The standard InChI is InChI=1S/C18H26N2O2.ClH/c21-18(20-9-5-2-6-10-20)17-11-16(12-19-17)14-22-13-15-7-3-1-4-8-15;/h1,3-4,7-8,16-17,19H,2,5-6,9-14H2;1H/t16-,17-;/m0./s1. The van der Waals surface area contributed by atoms with E-state index in [9.17, 15) is 4.79 Å². The topological polar surface area (TPSA) is 41.6 Å². The Morgan fingerprint density at radius 2 is 1.91 bits per heavy atom. The van der Waals surface area contributed by atoms with Crippen molar-refractivity contribution >= 4 is 18.3 Å². The van der Waals surface area contributed by atoms with Gasteiger partial charge in [-0.05, 0) is 37.2 Å². The number of hydrogen-bond donors (Lipinski definition) is 1. The third-order valence-corrected chi connectivity index (χ3v) is 4.65. The van der Waals surface area contributed by atoms with Gasteiger partial charge >= 0.3 is 0 Å². The molecule has 0 aromatic heterocycles. The number of amides is 1. The molecule has 1 N–H and O–H groups in total. The third-order valence-electron chi connectivity index (χ3n) is 4.65. The lowest BCUT2D eigenvalue weighted by molar-refractivity contribution is -0.134. The molecule has 1 aromatic carbocycles. The van der Waals surface area contributed by atoms with E-state index in [4.69, 9.17) is 4.74 Å². The molecule has 3 rings (SSSR count). The first-order chi connectivity index (χ1) is 10.8. The highest BCUT2D eigenvalue weighted by atomic mass is 35.5. The van der Waals surface area contributed by atoms with E-state index < -0.39 is 0 Å². The minimum Gasteiger partial charge on any atom is -0.376 e. The van der Waals surface area contributed by atoms with Gasteiger partial charge in [0.1, 0.15) is 0 Å². The predicted octanol–water partition coefficient (Wildman–Crippen LogP) is 2.62. The second-order valence-corrected chi connectivity index (χ2v) is 6.45. The van der Waals surface area contributed by atoms with Gasteiger partial charge in [0, 0.05) is 19.6 Å². The number of halogens is 1. The van der Waals surface area contributed by atoms with Crippen LogP contribution in [0.3, 0.4) is 0 Å². The molecule has 0 unspecified atom stereocenters. The van der Waals surface area contributed by atoms with Crippen molar-refractivity contribution in [1.29, 1.82) is 0 Å². The van der Waals surface area contributed by atoms with Crippen molar-refractivity contribution in [1.82, 2.24) is 10.2 Å². The lowest BCUT2D eigenvalue weighted by atomic mass is 10.0. The zero-order chi connectivity index (χ0) is 15.2. The van der Waals surface area contributed by atoms with Crippen molar-refractivity contribution in [2.75, 3.05) is 26.2 Å². The van der Waals surface area contributed by atoms with Crippen LogP contribution in [0.4, 0.5) is 0 Å². The van der Waals surface area contributed by atoms with Crippen LogP contribution in [0, 0.1) is 5.92 Å². The predicted molar refractivity (Wildman–Crippen MR) is 93.7 cm³/mol. The van der Waals surface area contributed by atoms with Gasteiger partial charge in [0.05, 0.1) is 19.3 Å². The van der Waals surface area contributed by atoms with Crippen LogP contribution in [0.1, 0.15) is 31.2 Å². The molecule has 128 valence electrons. The van der Waals surface area contributed by atoms with Gasteiger partial charge in [-0.3, -0.25) is 4.79 Å². The summed E-state index contributed by atoms with van der Waals surface area (Å²) in [5, 5.41) is 3.38. The third kappa shape index (κ3) is 5.20. The first-order valence-corrected chi connectivity index (χ1v) is 8.47. The average Bonchev–Trinajstić information content (AvgIpc) is 3.05. The minimum absolute atomic E-state index is 0. The van der Waals surface area contributed by atoms with Gasteiger partial charge in [-0.2, -0.15) is 0 Å². The molecule has 2 aliphatic rings. The zero-order valence-corrected chi connectivity index (χ0v) is 14.4. The number of benzene rings is 1. The Morgan fingerprint density at radius 1 is 1.17 bits per heavy atom. The number of piperidine rings is 1. The molecule has 4 nitrogen and oxygen atoms in total.